The Labute approximate surface area is 106 Å². The molecule has 0 saturated carbocycles. The number of rotatable bonds is 1. The molecule has 0 bridgehead atoms. The minimum Gasteiger partial charge on any atom is -0.316 e. The fraction of sp³-hybridized carbons (Fsp3) is 0.357. The van der Waals surface area contributed by atoms with Gasteiger partial charge in [0.1, 0.15) is 5.15 Å². The van der Waals surface area contributed by atoms with Gasteiger partial charge in [0.2, 0.25) is 0 Å². The van der Waals surface area contributed by atoms with Gasteiger partial charge in [0.15, 0.2) is 0 Å². The van der Waals surface area contributed by atoms with Crippen LogP contribution >= 0.6 is 11.6 Å². The second kappa shape index (κ2) is 4.63. The van der Waals surface area contributed by atoms with E-state index in [-0.39, 0.29) is 0 Å². The zero-order valence-electron chi connectivity index (χ0n) is 9.62. The SMILES string of the molecule is Clc1nc2ccccc2cc1C1CCCNC1. The van der Waals surface area contributed by atoms with Crippen LogP contribution in [0.15, 0.2) is 30.3 Å². The molecule has 2 nitrogen and oxygen atoms in total. The molecule has 2 aromatic rings. The Hall–Kier alpha value is -1.12. The fourth-order valence-corrected chi connectivity index (χ4v) is 2.81. The number of piperidine rings is 1. The summed E-state index contributed by atoms with van der Waals surface area (Å²) in [6.45, 7) is 2.13. The van der Waals surface area contributed by atoms with Gasteiger partial charge >= 0.3 is 0 Å². The number of hydrogen-bond acceptors (Lipinski definition) is 2. The molecule has 2 heterocycles. The summed E-state index contributed by atoms with van der Waals surface area (Å²) in [4.78, 5) is 4.49. The molecule has 0 spiro atoms. The van der Waals surface area contributed by atoms with Crippen LogP contribution in [0.4, 0.5) is 0 Å². The predicted molar refractivity (Wildman–Crippen MR) is 71.6 cm³/mol. The number of halogens is 1. The van der Waals surface area contributed by atoms with E-state index < -0.39 is 0 Å². The van der Waals surface area contributed by atoms with E-state index in [1.165, 1.54) is 23.8 Å². The molecule has 17 heavy (non-hydrogen) atoms. The molecule has 1 saturated heterocycles. The number of aromatic nitrogens is 1. The van der Waals surface area contributed by atoms with Crippen molar-refractivity contribution in [3.63, 3.8) is 0 Å². The zero-order valence-corrected chi connectivity index (χ0v) is 10.4. The van der Waals surface area contributed by atoms with Gasteiger partial charge in [0.25, 0.3) is 0 Å². The molecule has 1 fully saturated rings. The fourth-order valence-electron chi connectivity index (χ4n) is 2.51. The highest BCUT2D eigenvalue weighted by Crippen LogP contribution is 2.30. The highest BCUT2D eigenvalue weighted by atomic mass is 35.5. The molecular weight excluding hydrogens is 232 g/mol. The normalized spacial score (nSPS) is 20.6. The third-order valence-corrected chi connectivity index (χ3v) is 3.74. The minimum absolute atomic E-state index is 0.508. The summed E-state index contributed by atoms with van der Waals surface area (Å²) in [5, 5.41) is 5.26. The molecule has 1 aromatic heterocycles. The van der Waals surface area contributed by atoms with Crippen molar-refractivity contribution in [3.05, 3.63) is 41.0 Å². The van der Waals surface area contributed by atoms with Crippen LogP contribution in [0.5, 0.6) is 0 Å². The minimum atomic E-state index is 0.508. The van der Waals surface area contributed by atoms with E-state index in [9.17, 15) is 0 Å². The van der Waals surface area contributed by atoms with Crippen molar-refractivity contribution in [1.29, 1.82) is 0 Å². The molecule has 0 amide bonds. The average molecular weight is 247 g/mol. The van der Waals surface area contributed by atoms with Gasteiger partial charge in [-0.05, 0) is 43.0 Å². The van der Waals surface area contributed by atoms with Crippen LogP contribution in [0.25, 0.3) is 10.9 Å². The number of benzene rings is 1. The van der Waals surface area contributed by atoms with Crippen molar-refractivity contribution in [2.45, 2.75) is 18.8 Å². The topological polar surface area (TPSA) is 24.9 Å². The Morgan fingerprint density at radius 1 is 1.29 bits per heavy atom. The van der Waals surface area contributed by atoms with Crippen LogP contribution in [0.3, 0.4) is 0 Å². The van der Waals surface area contributed by atoms with Gasteiger partial charge in [-0.15, -0.1) is 0 Å². The molecule has 0 radical (unpaired) electrons. The van der Waals surface area contributed by atoms with Gasteiger partial charge in [-0.1, -0.05) is 29.8 Å². The summed E-state index contributed by atoms with van der Waals surface area (Å²) in [7, 11) is 0. The van der Waals surface area contributed by atoms with Crippen molar-refractivity contribution in [3.8, 4) is 0 Å². The van der Waals surface area contributed by atoms with E-state index >= 15 is 0 Å². The summed E-state index contributed by atoms with van der Waals surface area (Å²) < 4.78 is 0. The third-order valence-electron chi connectivity index (χ3n) is 3.44. The Morgan fingerprint density at radius 3 is 3.00 bits per heavy atom. The van der Waals surface area contributed by atoms with Crippen LogP contribution < -0.4 is 5.32 Å². The molecule has 1 unspecified atom stereocenters. The molecule has 1 aromatic carbocycles. The maximum atomic E-state index is 6.30. The first-order valence-corrected chi connectivity index (χ1v) is 6.48. The second-order valence-corrected chi connectivity index (χ2v) is 4.96. The van der Waals surface area contributed by atoms with E-state index in [1.807, 2.05) is 18.2 Å². The van der Waals surface area contributed by atoms with Gasteiger partial charge in [0, 0.05) is 11.9 Å². The molecule has 1 atom stereocenters. The number of hydrogen-bond donors (Lipinski definition) is 1. The first kappa shape index (κ1) is 11.0. The highest BCUT2D eigenvalue weighted by Gasteiger charge is 2.18. The second-order valence-electron chi connectivity index (χ2n) is 4.60. The van der Waals surface area contributed by atoms with E-state index in [2.05, 4.69) is 22.4 Å². The lowest BCUT2D eigenvalue weighted by molar-refractivity contribution is 0.461. The van der Waals surface area contributed by atoms with Gasteiger partial charge in [-0.25, -0.2) is 4.98 Å². The molecule has 0 aliphatic carbocycles. The monoisotopic (exact) mass is 246 g/mol. The largest absolute Gasteiger partial charge is 0.316 e. The van der Waals surface area contributed by atoms with Gasteiger partial charge in [-0.2, -0.15) is 0 Å². The van der Waals surface area contributed by atoms with Gasteiger partial charge in [0.05, 0.1) is 5.52 Å². The van der Waals surface area contributed by atoms with E-state index in [0.29, 0.717) is 11.1 Å². The number of nitrogens with one attached hydrogen (secondary N) is 1. The molecule has 1 N–H and O–H groups in total. The van der Waals surface area contributed by atoms with E-state index in [0.717, 1.165) is 18.6 Å². The van der Waals surface area contributed by atoms with Gasteiger partial charge in [-0.3, -0.25) is 0 Å². The van der Waals surface area contributed by atoms with Crippen LogP contribution in [0, 0.1) is 0 Å². The summed E-state index contributed by atoms with van der Waals surface area (Å²) in [5.41, 5.74) is 2.17. The molecule has 3 rings (SSSR count). The van der Waals surface area contributed by atoms with Crippen LogP contribution in [-0.4, -0.2) is 18.1 Å². The van der Waals surface area contributed by atoms with Gasteiger partial charge < -0.3 is 5.32 Å². The lowest BCUT2D eigenvalue weighted by atomic mass is 9.92. The van der Waals surface area contributed by atoms with Crippen LogP contribution in [-0.2, 0) is 0 Å². The Balaban J connectivity index is 2.06. The number of pyridine rings is 1. The number of fused-ring (bicyclic) bond motifs is 1. The summed E-state index contributed by atoms with van der Waals surface area (Å²) in [6, 6.07) is 10.3. The lowest BCUT2D eigenvalue weighted by Gasteiger charge is -2.23. The first-order chi connectivity index (χ1) is 8.34. The Morgan fingerprint density at radius 2 is 2.18 bits per heavy atom. The standard InChI is InChI=1S/C14H15ClN2/c15-14-12(11-5-3-7-16-9-11)8-10-4-1-2-6-13(10)17-14/h1-2,4,6,8,11,16H,3,5,7,9H2. The maximum absolute atomic E-state index is 6.30. The number of para-hydroxylation sites is 1. The van der Waals surface area contributed by atoms with Crippen molar-refractivity contribution in [2.24, 2.45) is 0 Å². The zero-order chi connectivity index (χ0) is 11.7. The maximum Gasteiger partial charge on any atom is 0.133 e. The quantitative estimate of drug-likeness (QED) is 0.781. The van der Waals surface area contributed by atoms with Crippen molar-refractivity contribution in [2.75, 3.05) is 13.1 Å². The predicted octanol–water partition coefficient (Wildman–Crippen LogP) is 3.36. The molecule has 3 heteroatoms. The van der Waals surface area contributed by atoms with Crippen molar-refractivity contribution >= 4 is 22.5 Å². The van der Waals surface area contributed by atoms with Crippen molar-refractivity contribution in [1.82, 2.24) is 10.3 Å². The summed E-state index contributed by atoms with van der Waals surface area (Å²) in [6.07, 6.45) is 2.42. The first-order valence-electron chi connectivity index (χ1n) is 6.10. The van der Waals surface area contributed by atoms with Crippen molar-refractivity contribution < 1.29 is 0 Å². The van der Waals surface area contributed by atoms with Crippen LogP contribution in [0.1, 0.15) is 24.3 Å². The van der Waals surface area contributed by atoms with Crippen LogP contribution in [0.2, 0.25) is 5.15 Å². The Bertz CT molecular complexity index is 533. The molecule has 1 aliphatic heterocycles. The highest BCUT2D eigenvalue weighted by molar-refractivity contribution is 6.30. The molecule has 88 valence electrons. The van der Waals surface area contributed by atoms with E-state index in [1.54, 1.807) is 0 Å². The Kier molecular flexibility index (Phi) is 3.00. The number of nitrogens with zero attached hydrogens (tertiary/aromatic N) is 1. The smallest absolute Gasteiger partial charge is 0.133 e. The van der Waals surface area contributed by atoms with E-state index in [4.69, 9.17) is 11.6 Å². The third kappa shape index (κ3) is 2.15. The summed E-state index contributed by atoms with van der Waals surface area (Å²) >= 11 is 6.30. The summed E-state index contributed by atoms with van der Waals surface area (Å²) in [5.74, 6) is 0.508. The molecular formula is C14H15ClN2. The lowest BCUT2D eigenvalue weighted by Crippen LogP contribution is -2.28. The average Bonchev–Trinajstić information content (AvgIpc) is 2.39. The molecule has 1 aliphatic rings.